The van der Waals surface area contributed by atoms with Gasteiger partial charge in [-0.15, -0.1) is 0 Å². The third-order valence-corrected chi connectivity index (χ3v) is 2.57. The maximum Gasteiger partial charge on any atom is 0.273 e. The van der Waals surface area contributed by atoms with Gasteiger partial charge in [0.15, 0.2) is 11.5 Å². The molecule has 8 heteroatoms. The lowest BCUT2D eigenvalue weighted by Gasteiger charge is -2.10. The van der Waals surface area contributed by atoms with Gasteiger partial charge in [-0.2, -0.15) is 0 Å². The van der Waals surface area contributed by atoms with E-state index in [-0.39, 0.29) is 11.6 Å². The van der Waals surface area contributed by atoms with Gasteiger partial charge in [-0.1, -0.05) is 0 Å². The van der Waals surface area contributed by atoms with Crippen molar-refractivity contribution in [1.82, 2.24) is 5.43 Å². The van der Waals surface area contributed by atoms with E-state index in [1.165, 1.54) is 25.3 Å². The summed E-state index contributed by atoms with van der Waals surface area (Å²) in [5.74, 6) is 5.46. The molecule has 0 aliphatic carbocycles. The van der Waals surface area contributed by atoms with Gasteiger partial charge in [0, 0.05) is 12.5 Å². The van der Waals surface area contributed by atoms with Crippen molar-refractivity contribution >= 4 is 11.6 Å². The van der Waals surface area contributed by atoms with Crippen LogP contribution >= 0.6 is 0 Å². The molecule has 0 heterocycles. The summed E-state index contributed by atoms with van der Waals surface area (Å²) in [5.41, 5.74) is 1.98. The molecule has 1 rings (SSSR count). The number of nitrogens with one attached hydrogen (secondary N) is 1. The van der Waals surface area contributed by atoms with Crippen LogP contribution in [0.1, 0.15) is 19.3 Å². The van der Waals surface area contributed by atoms with Crippen LogP contribution in [0.25, 0.3) is 0 Å². The van der Waals surface area contributed by atoms with E-state index >= 15 is 0 Å². The Kier molecular flexibility index (Phi) is 6.24. The molecule has 1 amide bonds. The van der Waals surface area contributed by atoms with E-state index in [1.807, 2.05) is 5.43 Å². The first-order valence-electron chi connectivity index (χ1n) is 6.03. The predicted octanol–water partition coefficient (Wildman–Crippen LogP) is 1.14. The fourth-order valence-corrected chi connectivity index (χ4v) is 1.53. The second-order valence-electron chi connectivity index (χ2n) is 3.97. The van der Waals surface area contributed by atoms with E-state index in [2.05, 4.69) is 0 Å². The van der Waals surface area contributed by atoms with E-state index < -0.39 is 4.92 Å². The fourth-order valence-electron chi connectivity index (χ4n) is 1.53. The lowest BCUT2D eigenvalue weighted by atomic mass is 10.2. The average Bonchev–Trinajstić information content (AvgIpc) is 2.46. The van der Waals surface area contributed by atoms with E-state index in [1.54, 1.807) is 0 Å². The number of hydrazine groups is 1. The highest BCUT2D eigenvalue weighted by molar-refractivity contribution is 5.75. The van der Waals surface area contributed by atoms with E-state index in [0.717, 1.165) is 0 Å². The van der Waals surface area contributed by atoms with Crippen LogP contribution in [-0.4, -0.2) is 24.5 Å². The van der Waals surface area contributed by atoms with Crippen molar-refractivity contribution in [3.63, 3.8) is 0 Å². The summed E-state index contributed by atoms with van der Waals surface area (Å²) in [6.45, 7) is 0.381. The molecule has 0 spiro atoms. The smallest absolute Gasteiger partial charge is 0.273 e. The molecule has 0 unspecified atom stereocenters. The molecule has 0 aromatic heterocycles. The number of unbranched alkanes of at least 4 members (excludes halogenated alkanes) is 1. The standard InChI is InChI=1S/C12H17N3O5/c1-19-11-8-9(15(17)18)5-6-10(11)20-7-3-2-4-12(16)14-13/h5-6,8H,2-4,7,13H2,1H3,(H,14,16). The van der Waals surface area contributed by atoms with Gasteiger partial charge in [0.1, 0.15) is 0 Å². The molecule has 1 aromatic rings. The van der Waals surface area contributed by atoms with Crippen LogP contribution in [0.3, 0.4) is 0 Å². The number of methoxy groups -OCH3 is 1. The molecule has 0 saturated carbocycles. The van der Waals surface area contributed by atoms with Crippen LogP contribution in [0, 0.1) is 10.1 Å². The first kappa shape index (κ1) is 15.7. The molecule has 0 radical (unpaired) electrons. The third-order valence-electron chi connectivity index (χ3n) is 2.57. The molecule has 0 aliphatic heterocycles. The Hall–Kier alpha value is -2.35. The van der Waals surface area contributed by atoms with Crippen molar-refractivity contribution in [1.29, 1.82) is 0 Å². The summed E-state index contributed by atoms with van der Waals surface area (Å²) in [4.78, 5) is 21.0. The second kappa shape index (κ2) is 7.95. The molecule has 20 heavy (non-hydrogen) atoms. The van der Waals surface area contributed by atoms with Gasteiger partial charge >= 0.3 is 0 Å². The van der Waals surface area contributed by atoms with Crippen LogP contribution < -0.4 is 20.7 Å². The number of amides is 1. The van der Waals surface area contributed by atoms with Crippen LogP contribution in [0.5, 0.6) is 11.5 Å². The molecular formula is C12H17N3O5. The lowest BCUT2D eigenvalue weighted by Crippen LogP contribution is -2.29. The molecule has 0 aliphatic rings. The monoisotopic (exact) mass is 283 g/mol. The minimum absolute atomic E-state index is 0.0613. The molecule has 0 fully saturated rings. The van der Waals surface area contributed by atoms with Crippen molar-refractivity contribution in [2.24, 2.45) is 5.84 Å². The van der Waals surface area contributed by atoms with Crippen molar-refractivity contribution in [2.45, 2.75) is 19.3 Å². The van der Waals surface area contributed by atoms with Crippen LogP contribution in [-0.2, 0) is 4.79 Å². The number of benzene rings is 1. The van der Waals surface area contributed by atoms with Gasteiger partial charge in [-0.25, -0.2) is 5.84 Å². The number of nitro groups is 1. The number of carbonyl (C=O) groups excluding carboxylic acids is 1. The molecule has 0 bridgehead atoms. The zero-order valence-corrected chi connectivity index (χ0v) is 11.1. The Balaban J connectivity index is 2.47. The summed E-state index contributed by atoms with van der Waals surface area (Å²) in [7, 11) is 1.41. The van der Waals surface area contributed by atoms with Gasteiger partial charge in [0.05, 0.1) is 24.7 Å². The Morgan fingerprint density at radius 2 is 2.15 bits per heavy atom. The molecule has 0 atom stereocenters. The van der Waals surface area contributed by atoms with Crippen LogP contribution in [0.4, 0.5) is 5.69 Å². The Labute approximate surface area is 116 Å². The summed E-state index contributed by atoms with van der Waals surface area (Å²) < 4.78 is 10.5. The molecule has 8 nitrogen and oxygen atoms in total. The van der Waals surface area contributed by atoms with E-state index in [0.29, 0.717) is 37.4 Å². The minimum Gasteiger partial charge on any atom is -0.493 e. The lowest BCUT2D eigenvalue weighted by molar-refractivity contribution is -0.385. The highest BCUT2D eigenvalue weighted by Gasteiger charge is 2.12. The predicted molar refractivity (Wildman–Crippen MR) is 71.3 cm³/mol. The first-order valence-corrected chi connectivity index (χ1v) is 6.03. The van der Waals surface area contributed by atoms with Gasteiger partial charge in [0.25, 0.3) is 5.69 Å². The minimum atomic E-state index is -0.502. The van der Waals surface area contributed by atoms with Crippen molar-refractivity contribution < 1.29 is 19.2 Å². The maximum atomic E-state index is 10.9. The number of nitro benzene ring substituents is 1. The number of carbonyl (C=O) groups is 1. The maximum absolute atomic E-state index is 10.9. The molecule has 110 valence electrons. The average molecular weight is 283 g/mol. The number of nitrogens with zero attached hydrogens (tertiary/aromatic N) is 1. The Morgan fingerprint density at radius 1 is 1.40 bits per heavy atom. The zero-order chi connectivity index (χ0) is 15.0. The normalized spacial score (nSPS) is 9.90. The number of ether oxygens (including phenoxy) is 2. The molecule has 3 N–H and O–H groups in total. The van der Waals surface area contributed by atoms with Crippen molar-refractivity contribution in [3.8, 4) is 11.5 Å². The van der Waals surface area contributed by atoms with Gasteiger partial charge < -0.3 is 9.47 Å². The number of hydrogen-bond acceptors (Lipinski definition) is 6. The number of rotatable bonds is 8. The van der Waals surface area contributed by atoms with E-state index in [4.69, 9.17) is 15.3 Å². The van der Waals surface area contributed by atoms with Crippen LogP contribution in [0.15, 0.2) is 18.2 Å². The number of hydrogen-bond donors (Lipinski definition) is 2. The Morgan fingerprint density at radius 3 is 2.75 bits per heavy atom. The molecule has 1 aromatic carbocycles. The topological polar surface area (TPSA) is 117 Å². The summed E-state index contributed by atoms with van der Waals surface area (Å²) >= 11 is 0. The van der Waals surface area contributed by atoms with Crippen LogP contribution in [0.2, 0.25) is 0 Å². The largest absolute Gasteiger partial charge is 0.493 e. The van der Waals surface area contributed by atoms with Gasteiger partial charge in [-0.3, -0.25) is 20.3 Å². The number of nitrogens with two attached hydrogens (primary N) is 1. The number of non-ortho nitro benzene ring substituents is 1. The third kappa shape index (κ3) is 4.73. The molecular weight excluding hydrogens is 266 g/mol. The summed E-state index contributed by atoms with van der Waals surface area (Å²) in [6, 6.07) is 4.14. The fraction of sp³-hybridized carbons (Fsp3) is 0.417. The second-order valence-corrected chi connectivity index (χ2v) is 3.97. The van der Waals surface area contributed by atoms with Crippen molar-refractivity contribution in [3.05, 3.63) is 28.3 Å². The zero-order valence-electron chi connectivity index (χ0n) is 11.1. The highest BCUT2D eigenvalue weighted by atomic mass is 16.6. The van der Waals surface area contributed by atoms with Gasteiger partial charge in [0.2, 0.25) is 5.91 Å². The summed E-state index contributed by atoms with van der Waals surface area (Å²) in [6.07, 6.45) is 1.63. The first-order chi connectivity index (χ1) is 9.58. The Bertz CT molecular complexity index is 478. The van der Waals surface area contributed by atoms with Crippen molar-refractivity contribution in [2.75, 3.05) is 13.7 Å². The summed E-state index contributed by atoms with van der Waals surface area (Å²) in [5, 5.41) is 10.6. The highest BCUT2D eigenvalue weighted by Crippen LogP contribution is 2.31. The van der Waals surface area contributed by atoms with Gasteiger partial charge in [-0.05, 0) is 18.9 Å². The van der Waals surface area contributed by atoms with E-state index in [9.17, 15) is 14.9 Å². The quantitative estimate of drug-likeness (QED) is 0.243. The molecule has 0 saturated heterocycles. The SMILES string of the molecule is COc1cc([N+](=O)[O-])ccc1OCCCCC(=O)NN.